The van der Waals surface area contributed by atoms with E-state index in [2.05, 4.69) is 10.2 Å². The lowest BCUT2D eigenvalue weighted by atomic mass is 9.79. The van der Waals surface area contributed by atoms with E-state index in [0.29, 0.717) is 5.91 Å². The van der Waals surface area contributed by atoms with Crippen molar-refractivity contribution in [1.82, 2.24) is 10.2 Å². The lowest BCUT2D eigenvalue weighted by Crippen LogP contribution is -2.53. The van der Waals surface area contributed by atoms with Crippen LogP contribution in [0.4, 0.5) is 0 Å². The third-order valence-electron chi connectivity index (χ3n) is 5.58. The maximum atomic E-state index is 12.8. The molecule has 1 heterocycles. The second kappa shape index (κ2) is 6.80. The maximum absolute atomic E-state index is 12.8. The van der Waals surface area contributed by atoms with E-state index in [9.17, 15) is 9.59 Å². The summed E-state index contributed by atoms with van der Waals surface area (Å²) in [4.78, 5) is 27.3. The molecule has 0 radical (unpaired) electrons. The Balaban J connectivity index is 1.78. The molecule has 0 aromatic heterocycles. The topological polar surface area (TPSA) is 49.4 Å². The molecular weight excluding hydrogens is 264 g/mol. The zero-order valence-corrected chi connectivity index (χ0v) is 13.0. The number of nitrogens with one attached hydrogen (secondary N) is 1. The predicted molar refractivity (Wildman–Crippen MR) is 81.7 cm³/mol. The predicted octanol–water partition coefficient (Wildman–Crippen LogP) is 2.47. The Bertz CT molecular complexity index is 392. The molecule has 1 N–H and O–H groups in total. The molecule has 1 saturated heterocycles. The van der Waals surface area contributed by atoms with E-state index >= 15 is 0 Å². The Kier molecular flexibility index (Phi) is 4.81. The van der Waals surface area contributed by atoms with Gasteiger partial charge in [-0.05, 0) is 44.9 Å². The summed E-state index contributed by atoms with van der Waals surface area (Å²) in [5.74, 6) is 0.805. The quantitative estimate of drug-likeness (QED) is 0.807. The summed E-state index contributed by atoms with van der Waals surface area (Å²) < 4.78 is 0. The second-order valence-electron chi connectivity index (χ2n) is 6.97. The van der Waals surface area contributed by atoms with Crippen LogP contribution in [0.5, 0.6) is 0 Å². The van der Waals surface area contributed by atoms with Gasteiger partial charge in [0.15, 0.2) is 0 Å². The molecule has 118 valence electrons. The van der Waals surface area contributed by atoms with Crippen LogP contribution in [0, 0.1) is 11.8 Å². The van der Waals surface area contributed by atoms with Crippen molar-refractivity contribution >= 4 is 11.8 Å². The van der Waals surface area contributed by atoms with Gasteiger partial charge in [0.05, 0.1) is 5.92 Å². The summed E-state index contributed by atoms with van der Waals surface area (Å²) in [6, 6.07) is 0.157. The van der Waals surface area contributed by atoms with Crippen LogP contribution in [-0.2, 0) is 9.59 Å². The molecule has 0 bridgehead atoms. The number of rotatable bonds is 1. The number of fused-ring (bicyclic) bond motifs is 1. The molecule has 2 aliphatic carbocycles. The molecule has 0 spiro atoms. The first-order chi connectivity index (χ1) is 10.3. The molecule has 0 unspecified atom stereocenters. The van der Waals surface area contributed by atoms with Crippen LogP contribution in [0.25, 0.3) is 0 Å². The van der Waals surface area contributed by atoms with Gasteiger partial charge < -0.3 is 10.2 Å². The Morgan fingerprint density at radius 1 is 0.952 bits per heavy atom. The fourth-order valence-electron chi connectivity index (χ4n) is 4.05. The molecular formula is C17H28N2O2. The van der Waals surface area contributed by atoms with Gasteiger partial charge in [-0.2, -0.15) is 0 Å². The van der Waals surface area contributed by atoms with Crippen molar-refractivity contribution < 1.29 is 9.59 Å². The van der Waals surface area contributed by atoms with Crippen molar-refractivity contribution in [3.05, 3.63) is 0 Å². The molecule has 0 aromatic rings. The SMILES string of the molecule is O=C1NCCCCCN(C(=O)C2CCC2)[C@H]2CCCC[C@@H]12. The minimum atomic E-state index is 0.0286. The largest absolute Gasteiger partial charge is 0.356 e. The summed E-state index contributed by atoms with van der Waals surface area (Å²) >= 11 is 0. The number of carbonyl (C=O) groups excluding carboxylic acids is 2. The standard InChI is InChI=1S/C17H28N2O2/c20-16-14-9-2-3-10-15(14)19(12-5-1-4-11-18-16)17(21)13-7-6-8-13/h13-15H,1-12H2,(H,18,20)/t14-,15+/m1/s1. The van der Waals surface area contributed by atoms with Crippen LogP contribution in [0.2, 0.25) is 0 Å². The Labute approximate surface area is 127 Å². The van der Waals surface area contributed by atoms with Crippen LogP contribution in [0.3, 0.4) is 0 Å². The first kappa shape index (κ1) is 14.9. The van der Waals surface area contributed by atoms with Gasteiger partial charge in [0.2, 0.25) is 11.8 Å². The molecule has 3 rings (SSSR count). The summed E-state index contributed by atoms with van der Waals surface area (Å²) in [7, 11) is 0. The van der Waals surface area contributed by atoms with Gasteiger partial charge in [-0.1, -0.05) is 19.3 Å². The van der Waals surface area contributed by atoms with Gasteiger partial charge in [-0.15, -0.1) is 0 Å². The van der Waals surface area contributed by atoms with Gasteiger partial charge in [0.25, 0.3) is 0 Å². The molecule has 21 heavy (non-hydrogen) atoms. The van der Waals surface area contributed by atoms with Crippen LogP contribution >= 0.6 is 0 Å². The summed E-state index contributed by atoms with van der Waals surface area (Å²) in [6.07, 6.45) is 10.8. The molecule has 4 nitrogen and oxygen atoms in total. The summed E-state index contributed by atoms with van der Waals surface area (Å²) in [6.45, 7) is 1.67. The average molecular weight is 292 g/mol. The summed E-state index contributed by atoms with van der Waals surface area (Å²) in [5, 5.41) is 3.09. The highest BCUT2D eigenvalue weighted by molar-refractivity contribution is 5.83. The van der Waals surface area contributed by atoms with Crippen molar-refractivity contribution in [3.63, 3.8) is 0 Å². The molecule has 0 aromatic carbocycles. The first-order valence-electron chi connectivity index (χ1n) is 8.85. The first-order valence-corrected chi connectivity index (χ1v) is 8.85. The fraction of sp³-hybridized carbons (Fsp3) is 0.882. The van der Waals surface area contributed by atoms with E-state index in [1.54, 1.807) is 0 Å². The molecule has 2 amide bonds. The van der Waals surface area contributed by atoms with E-state index in [-0.39, 0.29) is 23.8 Å². The number of amides is 2. The van der Waals surface area contributed by atoms with Crippen molar-refractivity contribution in [3.8, 4) is 0 Å². The van der Waals surface area contributed by atoms with E-state index in [0.717, 1.165) is 70.9 Å². The summed E-state index contributed by atoms with van der Waals surface area (Å²) in [5.41, 5.74) is 0. The van der Waals surface area contributed by atoms with Gasteiger partial charge >= 0.3 is 0 Å². The Hall–Kier alpha value is -1.06. The zero-order chi connectivity index (χ0) is 14.7. The lowest BCUT2D eigenvalue weighted by Gasteiger charge is -2.42. The van der Waals surface area contributed by atoms with E-state index in [1.165, 1.54) is 6.42 Å². The normalized spacial score (nSPS) is 31.8. The monoisotopic (exact) mass is 292 g/mol. The molecule has 1 aliphatic heterocycles. The van der Waals surface area contributed by atoms with Crippen LogP contribution < -0.4 is 5.32 Å². The maximum Gasteiger partial charge on any atom is 0.225 e. The molecule has 2 atom stereocenters. The van der Waals surface area contributed by atoms with Crippen molar-refractivity contribution in [2.75, 3.05) is 13.1 Å². The van der Waals surface area contributed by atoms with Crippen LogP contribution in [0.1, 0.15) is 64.2 Å². The van der Waals surface area contributed by atoms with Crippen LogP contribution in [0.15, 0.2) is 0 Å². The average Bonchev–Trinajstić information content (AvgIpc) is 2.44. The van der Waals surface area contributed by atoms with Gasteiger partial charge in [0, 0.05) is 25.0 Å². The lowest BCUT2D eigenvalue weighted by molar-refractivity contribution is -0.145. The van der Waals surface area contributed by atoms with Gasteiger partial charge in [0.1, 0.15) is 0 Å². The minimum Gasteiger partial charge on any atom is -0.356 e. The number of nitrogens with zero attached hydrogens (tertiary/aromatic N) is 1. The Morgan fingerprint density at radius 3 is 2.52 bits per heavy atom. The van der Waals surface area contributed by atoms with E-state index < -0.39 is 0 Å². The fourth-order valence-corrected chi connectivity index (χ4v) is 4.05. The third-order valence-corrected chi connectivity index (χ3v) is 5.58. The molecule has 3 aliphatic rings. The molecule has 3 fully saturated rings. The molecule has 2 saturated carbocycles. The van der Waals surface area contributed by atoms with Crippen LogP contribution in [-0.4, -0.2) is 35.8 Å². The number of carbonyl (C=O) groups is 2. The van der Waals surface area contributed by atoms with Crippen molar-refractivity contribution in [2.45, 2.75) is 70.3 Å². The Morgan fingerprint density at radius 2 is 1.76 bits per heavy atom. The zero-order valence-electron chi connectivity index (χ0n) is 13.0. The number of hydrogen-bond donors (Lipinski definition) is 1. The van der Waals surface area contributed by atoms with Gasteiger partial charge in [-0.3, -0.25) is 9.59 Å². The number of hydrogen-bond acceptors (Lipinski definition) is 2. The van der Waals surface area contributed by atoms with Crippen molar-refractivity contribution in [2.24, 2.45) is 11.8 Å². The smallest absolute Gasteiger partial charge is 0.225 e. The second-order valence-corrected chi connectivity index (χ2v) is 6.97. The van der Waals surface area contributed by atoms with Gasteiger partial charge in [-0.25, -0.2) is 0 Å². The van der Waals surface area contributed by atoms with E-state index in [1.807, 2.05) is 0 Å². The highest BCUT2D eigenvalue weighted by Gasteiger charge is 2.39. The van der Waals surface area contributed by atoms with E-state index in [4.69, 9.17) is 0 Å². The minimum absolute atomic E-state index is 0.0286. The van der Waals surface area contributed by atoms with Crippen molar-refractivity contribution in [1.29, 1.82) is 0 Å². The highest BCUT2D eigenvalue weighted by atomic mass is 16.2. The third kappa shape index (κ3) is 3.24. The molecule has 4 heteroatoms. The highest BCUT2D eigenvalue weighted by Crippen LogP contribution is 2.34.